The van der Waals surface area contributed by atoms with E-state index in [0.717, 1.165) is 26.2 Å². The van der Waals surface area contributed by atoms with Crippen LogP contribution in [0.5, 0.6) is 0 Å². The number of pyridine rings is 1. The summed E-state index contributed by atoms with van der Waals surface area (Å²) >= 11 is 1.91. The molecule has 1 N–H and O–H groups in total. The summed E-state index contributed by atoms with van der Waals surface area (Å²) in [6.07, 6.45) is 8.76. The van der Waals surface area contributed by atoms with Crippen LogP contribution in [0.4, 0.5) is 5.82 Å². The van der Waals surface area contributed by atoms with Gasteiger partial charge in [-0.3, -0.25) is 0 Å². The van der Waals surface area contributed by atoms with Gasteiger partial charge in [0.25, 0.3) is 0 Å². The van der Waals surface area contributed by atoms with Crippen molar-refractivity contribution in [3.63, 3.8) is 0 Å². The molecule has 1 saturated carbocycles. The maximum absolute atomic E-state index is 4.94. The van der Waals surface area contributed by atoms with Crippen LogP contribution in [-0.2, 0) is 0 Å². The molecule has 1 aromatic carbocycles. The zero-order valence-corrected chi connectivity index (χ0v) is 17.4. The number of benzene rings is 1. The van der Waals surface area contributed by atoms with Crippen molar-refractivity contribution in [1.82, 2.24) is 14.6 Å². The standard InChI is InChI=1S/C23H30N4S/c1-2-12-27(13-3-1)28-21-8-6-18(7-9-21)20-16-22(19-4-5-19)23(25-17-20)26-14-10-24-11-15-26/h6-9,16-17,19,24H,1-5,10-15H2. The first-order valence-corrected chi connectivity index (χ1v) is 11.6. The molecule has 3 heterocycles. The molecular weight excluding hydrogens is 364 g/mol. The van der Waals surface area contributed by atoms with E-state index in [4.69, 9.17) is 4.98 Å². The van der Waals surface area contributed by atoms with Crippen LogP contribution in [0.15, 0.2) is 41.4 Å². The smallest absolute Gasteiger partial charge is 0.132 e. The summed E-state index contributed by atoms with van der Waals surface area (Å²) < 4.78 is 2.51. The Balaban J connectivity index is 1.34. The van der Waals surface area contributed by atoms with Crippen molar-refractivity contribution in [2.45, 2.75) is 42.9 Å². The Bertz CT molecular complexity index is 791. The van der Waals surface area contributed by atoms with Crippen molar-refractivity contribution >= 4 is 17.8 Å². The Labute approximate surface area is 172 Å². The number of piperidine rings is 1. The molecule has 0 unspecified atom stereocenters. The molecule has 1 aliphatic carbocycles. The highest BCUT2D eigenvalue weighted by Crippen LogP contribution is 2.45. The number of hydrogen-bond donors (Lipinski definition) is 1. The number of piperazine rings is 1. The Morgan fingerprint density at radius 3 is 2.36 bits per heavy atom. The molecule has 2 aromatic rings. The minimum absolute atomic E-state index is 0.714. The summed E-state index contributed by atoms with van der Waals surface area (Å²) in [5.41, 5.74) is 4.01. The summed E-state index contributed by atoms with van der Waals surface area (Å²) in [5.74, 6) is 1.94. The van der Waals surface area contributed by atoms with Crippen molar-refractivity contribution in [1.29, 1.82) is 0 Å². The van der Waals surface area contributed by atoms with Crippen LogP contribution in [0.25, 0.3) is 11.1 Å². The van der Waals surface area contributed by atoms with E-state index >= 15 is 0 Å². The fourth-order valence-electron chi connectivity index (χ4n) is 4.28. The lowest BCUT2D eigenvalue weighted by molar-refractivity contribution is 0.380. The van der Waals surface area contributed by atoms with E-state index in [1.165, 1.54) is 72.6 Å². The van der Waals surface area contributed by atoms with Crippen LogP contribution in [0, 0.1) is 0 Å². The van der Waals surface area contributed by atoms with E-state index < -0.39 is 0 Å². The highest BCUT2D eigenvalue weighted by molar-refractivity contribution is 7.97. The zero-order valence-electron chi connectivity index (χ0n) is 16.6. The van der Waals surface area contributed by atoms with Crippen LogP contribution < -0.4 is 10.2 Å². The predicted octanol–water partition coefficient (Wildman–Crippen LogP) is 4.53. The van der Waals surface area contributed by atoms with Gasteiger partial charge in [0.2, 0.25) is 0 Å². The highest BCUT2D eigenvalue weighted by Gasteiger charge is 2.29. The molecule has 5 rings (SSSR count). The van der Waals surface area contributed by atoms with Crippen molar-refractivity contribution in [2.24, 2.45) is 0 Å². The lowest BCUT2D eigenvalue weighted by Gasteiger charge is -2.30. The summed E-state index contributed by atoms with van der Waals surface area (Å²) in [6.45, 7) is 6.68. The Hall–Kier alpha value is -1.56. The minimum atomic E-state index is 0.714. The fraction of sp³-hybridized carbons (Fsp3) is 0.522. The van der Waals surface area contributed by atoms with E-state index in [1.807, 2.05) is 11.9 Å². The lowest BCUT2D eigenvalue weighted by Crippen LogP contribution is -2.44. The molecule has 2 saturated heterocycles. The van der Waals surface area contributed by atoms with Gasteiger partial charge in [-0.25, -0.2) is 9.29 Å². The maximum atomic E-state index is 4.94. The van der Waals surface area contributed by atoms with Crippen molar-refractivity contribution in [3.8, 4) is 11.1 Å². The summed E-state index contributed by atoms with van der Waals surface area (Å²) in [7, 11) is 0. The highest BCUT2D eigenvalue weighted by atomic mass is 32.2. The van der Waals surface area contributed by atoms with Crippen LogP contribution in [0.3, 0.4) is 0 Å². The molecule has 3 fully saturated rings. The van der Waals surface area contributed by atoms with Crippen LogP contribution >= 0.6 is 11.9 Å². The van der Waals surface area contributed by atoms with Gasteiger partial charge in [-0.1, -0.05) is 18.6 Å². The number of anilines is 1. The normalized spacial score (nSPS) is 21.1. The third kappa shape index (κ3) is 4.22. The molecule has 148 valence electrons. The first-order chi connectivity index (χ1) is 13.9. The van der Waals surface area contributed by atoms with Crippen molar-refractivity contribution in [3.05, 3.63) is 42.1 Å². The average Bonchev–Trinajstić information content (AvgIpc) is 3.61. The Morgan fingerprint density at radius 1 is 0.893 bits per heavy atom. The number of rotatable bonds is 5. The van der Waals surface area contributed by atoms with E-state index in [2.05, 4.69) is 51.1 Å². The van der Waals surface area contributed by atoms with Gasteiger partial charge in [-0.05, 0) is 72.9 Å². The average molecular weight is 395 g/mol. The van der Waals surface area contributed by atoms with Crippen LogP contribution in [-0.4, -0.2) is 48.6 Å². The van der Waals surface area contributed by atoms with Gasteiger partial charge in [0.05, 0.1) is 0 Å². The van der Waals surface area contributed by atoms with Crippen LogP contribution in [0.2, 0.25) is 0 Å². The van der Waals surface area contributed by atoms with Gasteiger partial charge in [0, 0.05) is 55.9 Å². The van der Waals surface area contributed by atoms with Crippen molar-refractivity contribution in [2.75, 3.05) is 44.2 Å². The first-order valence-electron chi connectivity index (χ1n) is 10.9. The topological polar surface area (TPSA) is 31.4 Å². The molecule has 0 radical (unpaired) electrons. The second-order valence-electron chi connectivity index (χ2n) is 8.25. The third-order valence-electron chi connectivity index (χ3n) is 6.07. The van der Waals surface area contributed by atoms with Gasteiger partial charge in [-0.15, -0.1) is 0 Å². The second-order valence-corrected chi connectivity index (χ2v) is 9.42. The first kappa shape index (κ1) is 18.5. The predicted molar refractivity (Wildman–Crippen MR) is 118 cm³/mol. The van der Waals surface area contributed by atoms with Crippen LogP contribution in [0.1, 0.15) is 43.6 Å². The van der Waals surface area contributed by atoms with Gasteiger partial charge in [0.15, 0.2) is 0 Å². The number of nitrogens with zero attached hydrogens (tertiary/aromatic N) is 3. The van der Waals surface area contributed by atoms with E-state index in [0.29, 0.717) is 5.92 Å². The number of hydrogen-bond acceptors (Lipinski definition) is 5. The van der Waals surface area contributed by atoms with E-state index in [-0.39, 0.29) is 0 Å². The largest absolute Gasteiger partial charge is 0.354 e. The SMILES string of the molecule is c1cc(-c2cnc(N3CCNCC3)c(C3CC3)c2)ccc1SN1CCCCC1. The third-order valence-corrected chi connectivity index (χ3v) is 7.17. The maximum Gasteiger partial charge on any atom is 0.132 e. The molecule has 2 aliphatic heterocycles. The fourth-order valence-corrected chi connectivity index (χ4v) is 5.28. The molecule has 0 bridgehead atoms. The molecule has 0 atom stereocenters. The number of aromatic nitrogens is 1. The van der Waals surface area contributed by atoms with Gasteiger partial charge >= 0.3 is 0 Å². The lowest BCUT2D eigenvalue weighted by atomic mass is 10.0. The summed E-state index contributed by atoms with van der Waals surface area (Å²) in [4.78, 5) is 8.75. The van der Waals surface area contributed by atoms with E-state index in [1.54, 1.807) is 0 Å². The minimum Gasteiger partial charge on any atom is -0.354 e. The summed E-state index contributed by atoms with van der Waals surface area (Å²) in [5, 5.41) is 3.45. The Morgan fingerprint density at radius 2 is 1.64 bits per heavy atom. The van der Waals surface area contributed by atoms with Crippen molar-refractivity contribution < 1.29 is 0 Å². The molecule has 5 heteroatoms. The molecule has 0 amide bonds. The van der Waals surface area contributed by atoms with E-state index in [9.17, 15) is 0 Å². The molecular formula is C23H30N4S. The summed E-state index contributed by atoms with van der Waals surface area (Å²) in [6, 6.07) is 11.5. The monoisotopic (exact) mass is 394 g/mol. The molecule has 0 spiro atoms. The molecule has 4 nitrogen and oxygen atoms in total. The second kappa shape index (κ2) is 8.44. The Kier molecular flexibility index (Phi) is 5.56. The van der Waals surface area contributed by atoms with Gasteiger partial charge < -0.3 is 10.2 Å². The van der Waals surface area contributed by atoms with Gasteiger partial charge in [0.1, 0.15) is 5.82 Å². The zero-order chi connectivity index (χ0) is 18.8. The number of nitrogens with one attached hydrogen (secondary N) is 1. The quantitative estimate of drug-likeness (QED) is 0.753. The van der Waals surface area contributed by atoms with Gasteiger partial charge in [-0.2, -0.15) is 0 Å². The molecule has 1 aromatic heterocycles. The molecule has 28 heavy (non-hydrogen) atoms. The molecule has 3 aliphatic rings.